The number of piperidine rings is 1. The van der Waals surface area contributed by atoms with Crippen LogP contribution in [0.3, 0.4) is 0 Å². The maximum absolute atomic E-state index is 11.7. The lowest BCUT2D eigenvalue weighted by Gasteiger charge is -2.41. The minimum Gasteiger partial charge on any atom is -0.355 e. The number of hydrogen-bond donors (Lipinski definition) is 2. The van der Waals surface area contributed by atoms with Gasteiger partial charge in [0.15, 0.2) is 5.96 Å². The van der Waals surface area contributed by atoms with Crippen LogP contribution in [0.15, 0.2) is 29.3 Å². The second kappa shape index (κ2) is 8.48. The highest BCUT2D eigenvalue weighted by Gasteiger charge is 2.42. The van der Waals surface area contributed by atoms with Gasteiger partial charge in [0.05, 0.1) is 6.04 Å². The molecule has 1 aromatic rings. The van der Waals surface area contributed by atoms with Crippen molar-refractivity contribution < 1.29 is 4.79 Å². The van der Waals surface area contributed by atoms with Gasteiger partial charge in [-0.15, -0.1) is 0 Å². The summed E-state index contributed by atoms with van der Waals surface area (Å²) in [5, 5.41) is 7.32. The third-order valence-electron chi connectivity index (χ3n) is 5.71. The van der Waals surface area contributed by atoms with E-state index < -0.39 is 0 Å². The average Bonchev–Trinajstić information content (AvgIpc) is 2.99. The quantitative estimate of drug-likeness (QED) is 0.609. The molecule has 0 bridgehead atoms. The van der Waals surface area contributed by atoms with Crippen LogP contribution in [0, 0.1) is 5.41 Å². The van der Waals surface area contributed by atoms with Gasteiger partial charge in [-0.05, 0) is 38.6 Å². The van der Waals surface area contributed by atoms with Crippen LogP contribution in [0.4, 0.5) is 0 Å². The van der Waals surface area contributed by atoms with Crippen molar-refractivity contribution >= 4 is 23.5 Å². The molecule has 1 spiro atoms. The normalized spacial score (nSPS) is 24.4. The SMILES string of the molecule is CN=C(NCC(c1ccccc1Cl)N(C)C)N1CCCC2(CNC(=O)C2)C1. The molecule has 148 valence electrons. The molecule has 2 aliphatic rings. The van der Waals surface area contributed by atoms with Gasteiger partial charge < -0.3 is 20.4 Å². The van der Waals surface area contributed by atoms with Crippen molar-refractivity contribution in [1.29, 1.82) is 0 Å². The van der Waals surface area contributed by atoms with Gasteiger partial charge >= 0.3 is 0 Å². The summed E-state index contributed by atoms with van der Waals surface area (Å²) >= 11 is 6.42. The van der Waals surface area contributed by atoms with E-state index in [9.17, 15) is 4.79 Å². The molecule has 2 unspecified atom stereocenters. The molecule has 0 aliphatic carbocycles. The summed E-state index contributed by atoms with van der Waals surface area (Å²) in [6.45, 7) is 3.32. The lowest BCUT2D eigenvalue weighted by Crippen LogP contribution is -2.52. The first kappa shape index (κ1) is 20.0. The molecular formula is C20H30ClN5O. The highest BCUT2D eigenvalue weighted by atomic mass is 35.5. The predicted molar refractivity (Wildman–Crippen MR) is 110 cm³/mol. The fraction of sp³-hybridized carbons (Fsp3) is 0.600. The zero-order valence-corrected chi connectivity index (χ0v) is 17.2. The van der Waals surface area contributed by atoms with E-state index in [0.29, 0.717) is 13.0 Å². The van der Waals surface area contributed by atoms with E-state index in [0.717, 1.165) is 49.0 Å². The summed E-state index contributed by atoms with van der Waals surface area (Å²) in [7, 11) is 5.94. The predicted octanol–water partition coefficient (Wildman–Crippen LogP) is 2.12. The molecule has 2 aliphatic heterocycles. The summed E-state index contributed by atoms with van der Waals surface area (Å²) < 4.78 is 0. The number of benzene rings is 1. The lowest BCUT2D eigenvalue weighted by atomic mass is 9.79. The Balaban J connectivity index is 1.67. The van der Waals surface area contributed by atoms with Crippen molar-refractivity contribution in [2.24, 2.45) is 10.4 Å². The average molecular weight is 392 g/mol. The number of halogens is 1. The molecule has 1 aromatic carbocycles. The van der Waals surface area contributed by atoms with E-state index >= 15 is 0 Å². The zero-order chi connectivity index (χ0) is 19.4. The number of likely N-dealkylation sites (N-methyl/N-ethyl adjacent to an activating group) is 1. The molecule has 2 fully saturated rings. The summed E-state index contributed by atoms with van der Waals surface area (Å²) in [6, 6.07) is 8.12. The maximum Gasteiger partial charge on any atom is 0.220 e. The van der Waals surface area contributed by atoms with Gasteiger partial charge in [-0.25, -0.2) is 0 Å². The number of carbonyl (C=O) groups is 1. The minimum absolute atomic E-state index is 0.0522. The molecule has 1 amide bonds. The van der Waals surface area contributed by atoms with Crippen molar-refractivity contribution in [3.63, 3.8) is 0 Å². The van der Waals surface area contributed by atoms with Crippen LogP contribution in [0.25, 0.3) is 0 Å². The Hall–Kier alpha value is -1.79. The number of likely N-dealkylation sites (tertiary alicyclic amines) is 1. The number of rotatable bonds is 4. The fourth-order valence-electron chi connectivity index (χ4n) is 4.27. The van der Waals surface area contributed by atoms with E-state index in [4.69, 9.17) is 11.6 Å². The van der Waals surface area contributed by atoms with Crippen LogP contribution < -0.4 is 10.6 Å². The third-order valence-corrected chi connectivity index (χ3v) is 6.05. The first-order valence-electron chi connectivity index (χ1n) is 9.57. The van der Waals surface area contributed by atoms with Gasteiger partial charge in [0, 0.05) is 50.1 Å². The highest BCUT2D eigenvalue weighted by molar-refractivity contribution is 6.31. The molecule has 27 heavy (non-hydrogen) atoms. The van der Waals surface area contributed by atoms with Crippen LogP contribution in [-0.2, 0) is 4.79 Å². The largest absolute Gasteiger partial charge is 0.355 e. The van der Waals surface area contributed by atoms with E-state index in [1.54, 1.807) is 0 Å². The monoisotopic (exact) mass is 391 g/mol. The van der Waals surface area contributed by atoms with Crippen LogP contribution in [0.2, 0.25) is 5.02 Å². The smallest absolute Gasteiger partial charge is 0.220 e. The molecule has 0 radical (unpaired) electrons. The topological polar surface area (TPSA) is 60.0 Å². The molecule has 2 N–H and O–H groups in total. The molecule has 6 nitrogen and oxygen atoms in total. The Morgan fingerprint density at radius 2 is 2.22 bits per heavy atom. The van der Waals surface area contributed by atoms with Crippen molar-refractivity contribution in [3.05, 3.63) is 34.9 Å². The molecule has 3 rings (SSSR count). The fourth-order valence-corrected chi connectivity index (χ4v) is 4.53. The Morgan fingerprint density at radius 1 is 1.44 bits per heavy atom. The van der Waals surface area contributed by atoms with Gasteiger partial charge in [-0.2, -0.15) is 0 Å². The standard InChI is InChI=1S/C20H30ClN5O/c1-22-19(26-10-6-9-20(14-26)11-18(27)24-13-20)23-12-17(25(2)3)15-7-4-5-8-16(15)21/h4-5,7-8,17H,6,9-14H2,1-3H3,(H,22,23)(H,24,27). The van der Waals surface area contributed by atoms with Gasteiger partial charge in [0.1, 0.15) is 0 Å². The third kappa shape index (κ3) is 4.55. The summed E-state index contributed by atoms with van der Waals surface area (Å²) in [5.74, 6) is 1.07. The molecule has 0 aromatic heterocycles. The molecule has 0 saturated carbocycles. The molecule has 7 heteroatoms. The van der Waals surface area contributed by atoms with E-state index in [2.05, 4.69) is 45.6 Å². The highest BCUT2D eigenvalue weighted by Crippen LogP contribution is 2.36. The molecule has 2 saturated heterocycles. The van der Waals surface area contributed by atoms with Crippen LogP contribution in [0.1, 0.15) is 30.9 Å². The summed E-state index contributed by atoms with van der Waals surface area (Å²) in [4.78, 5) is 20.7. The number of guanidine groups is 1. The van der Waals surface area contributed by atoms with E-state index in [-0.39, 0.29) is 17.4 Å². The first-order chi connectivity index (χ1) is 12.9. The summed E-state index contributed by atoms with van der Waals surface area (Å²) in [5.41, 5.74) is 1.16. The number of amides is 1. The lowest BCUT2D eigenvalue weighted by molar-refractivity contribution is -0.119. The van der Waals surface area contributed by atoms with Crippen LogP contribution in [-0.4, -0.2) is 69.0 Å². The van der Waals surface area contributed by atoms with Crippen molar-refractivity contribution in [2.45, 2.75) is 25.3 Å². The second-order valence-corrected chi connectivity index (χ2v) is 8.31. The first-order valence-corrected chi connectivity index (χ1v) is 9.95. The van der Waals surface area contributed by atoms with Crippen LogP contribution in [0.5, 0.6) is 0 Å². The molecule has 2 atom stereocenters. The number of aliphatic imine (C=N–C) groups is 1. The van der Waals surface area contributed by atoms with Gasteiger partial charge in [0.25, 0.3) is 0 Å². The number of nitrogens with zero attached hydrogens (tertiary/aromatic N) is 3. The minimum atomic E-state index is 0.0522. The molecule has 2 heterocycles. The Labute approximate surface area is 167 Å². The molecular weight excluding hydrogens is 362 g/mol. The Bertz CT molecular complexity index is 707. The number of nitrogens with one attached hydrogen (secondary N) is 2. The van der Waals surface area contributed by atoms with Crippen LogP contribution >= 0.6 is 11.6 Å². The van der Waals surface area contributed by atoms with Gasteiger partial charge in [-0.3, -0.25) is 9.79 Å². The Morgan fingerprint density at radius 3 is 2.85 bits per heavy atom. The van der Waals surface area contributed by atoms with Crippen molar-refractivity contribution in [3.8, 4) is 0 Å². The van der Waals surface area contributed by atoms with Gasteiger partial charge in [0.2, 0.25) is 5.91 Å². The maximum atomic E-state index is 11.7. The van der Waals surface area contributed by atoms with Crippen molar-refractivity contribution in [1.82, 2.24) is 20.4 Å². The van der Waals surface area contributed by atoms with E-state index in [1.807, 2.05) is 25.2 Å². The van der Waals surface area contributed by atoms with Gasteiger partial charge in [-0.1, -0.05) is 29.8 Å². The number of hydrogen-bond acceptors (Lipinski definition) is 3. The van der Waals surface area contributed by atoms with Crippen molar-refractivity contribution in [2.75, 3.05) is 47.3 Å². The Kier molecular flexibility index (Phi) is 6.27. The zero-order valence-electron chi connectivity index (χ0n) is 16.5. The second-order valence-electron chi connectivity index (χ2n) is 7.91. The van der Waals surface area contributed by atoms with E-state index in [1.165, 1.54) is 0 Å². The number of carbonyl (C=O) groups excluding carboxylic acids is 1. The summed E-state index contributed by atoms with van der Waals surface area (Å²) in [6.07, 6.45) is 2.80.